The molecule has 0 heterocycles. The van der Waals surface area contributed by atoms with Crippen molar-refractivity contribution < 1.29 is 32.9 Å². The van der Waals surface area contributed by atoms with Gasteiger partial charge in [-0.25, -0.2) is 0 Å². The first-order valence-electron chi connectivity index (χ1n) is 28.4. The Morgan fingerprint density at radius 3 is 1.24 bits per heavy atom. The lowest BCUT2D eigenvalue weighted by Gasteiger charge is -2.29. The van der Waals surface area contributed by atoms with E-state index in [-0.39, 0.29) is 18.9 Å². The number of hydrogen-bond donors (Lipinski definition) is 2. The molecule has 0 aromatic carbocycles. The number of amides is 1. The Hall–Kier alpha value is -3.10. The van der Waals surface area contributed by atoms with Crippen LogP contribution < -0.4 is 10.2 Å². The van der Waals surface area contributed by atoms with E-state index in [2.05, 4.69) is 129 Å². The van der Waals surface area contributed by atoms with Crippen LogP contribution in [0, 0.1) is 0 Å². The molecule has 9 heteroatoms. The molecule has 3 unspecified atom stereocenters. The fourth-order valence-corrected chi connectivity index (χ4v) is 8.23. The van der Waals surface area contributed by atoms with Gasteiger partial charge in [-0.15, -0.1) is 0 Å². The molecule has 3 atom stereocenters. The predicted molar refractivity (Wildman–Crippen MR) is 306 cm³/mol. The van der Waals surface area contributed by atoms with Crippen LogP contribution in [0.3, 0.4) is 0 Å². The van der Waals surface area contributed by atoms with E-state index in [4.69, 9.17) is 9.05 Å². The van der Waals surface area contributed by atoms with Gasteiger partial charge in [-0.1, -0.05) is 245 Å². The van der Waals surface area contributed by atoms with Crippen molar-refractivity contribution in [3.05, 3.63) is 122 Å². The lowest BCUT2D eigenvalue weighted by molar-refractivity contribution is -0.870. The van der Waals surface area contributed by atoms with Crippen molar-refractivity contribution in [3.63, 3.8) is 0 Å². The van der Waals surface area contributed by atoms with Gasteiger partial charge >= 0.3 is 0 Å². The van der Waals surface area contributed by atoms with Crippen molar-refractivity contribution in [1.82, 2.24) is 5.32 Å². The van der Waals surface area contributed by atoms with Gasteiger partial charge in [0.1, 0.15) is 13.2 Å². The van der Waals surface area contributed by atoms with Crippen LogP contribution in [0.4, 0.5) is 0 Å². The Labute approximate surface area is 437 Å². The molecule has 0 spiro atoms. The number of hydrogen-bond acceptors (Lipinski definition) is 6. The summed E-state index contributed by atoms with van der Waals surface area (Å²) in [4.78, 5) is 25.5. The molecule has 0 rings (SSSR count). The Balaban J connectivity index is 4.40. The molecule has 0 fully saturated rings. The molecule has 0 aliphatic heterocycles. The van der Waals surface area contributed by atoms with E-state index in [1.165, 1.54) is 103 Å². The zero-order valence-electron chi connectivity index (χ0n) is 46.1. The monoisotopic (exact) mass is 1010 g/mol. The van der Waals surface area contributed by atoms with Gasteiger partial charge in [-0.2, -0.15) is 0 Å². The Morgan fingerprint density at radius 1 is 0.507 bits per heavy atom. The second-order valence-electron chi connectivity index (χ2n) is 19.9. The second-order valence-corrected chi connectivity index (χ2v) is 21.3. The Kier molecular flexibility index (Phi) is 49.5. The SMILES string of the molecule is CC/C=C\C/C=C\C/C=C\C/C=C\C/C=C\C/C=C\C/C=C\C/C=C\C/C=C\CCCC(=O)NC(COP(=O)([O-])OCC[N+](C)(C)C)C(O)/C=C/CCCCCCCCCCCCCCCCCCCC. The highest BCUT2D eigenvalue weighted by atomic mass is 31.2. The molecule has 71 heavy (non-hydrogen) atoms. The van der Waals surface area contributed by atoms with E-state index in [1.807, 2.05) is 27.2 Å². The van der Waals surface area contributed by atoms with Gasteiger partial charge in [0.2, 0.25) is 5.91 Å². The van der Waals surface area contributed by atoms with Crippen LogP contribution in [0.5, 0.6) is 0 Å². The number of likely N-dealkylation sites (N-methyl/N-ethyl adjacent to an activating group) is 1. The van der Waals surface area contributed by atoms with E-state index in [9.17, 15) is 19.4 Å². The quantitative estimate of drug-likeness (QED) is 0.0272. The van der Waals surface area contributed by atoms with Crippen molar-refractivity contribution >= 4 is 13.7 Å². The van der Waals surface area contributed by atoms with Gasteiger partial charge in [0.25, 0.3) is 7.82 Å². The smallest absolute Gasteiger partial charge is 0.268 e. The number of carbonyl (C=O) groups is 1. The highest BCUT2D eigenvalue weighted by Crippen LogP contribution is 2.38. The summed E-state index contributed by atoms with van der Waals surface area (Å²) in [6.07, 6.45) is 77.0. The van der Waals surface area contributed by atoms with E-state index in [1.54, 1.807) is 6.08 Å². The lowest BCUT2D eigenvalue weighted by atomic mass is 10.0. The molecule has 0 saturated carbocycles. The molecule has 8 nitrogen and oxygen atoms in total. The second kappa shape index (κ2) is 51.8. The molecular formula is C62H107N2O6P. The Morgan fingerprint density at radius 2 is 0.859 bits per heavy atom. The highest BCUT2D eigenvalue weighted by molar-refractivity contribution is 7.45. The highest BCUT2D eigenvalue weighted by Gasteiger charge is 2.23. The number of allylic oxidation sites excluding steroid dienone is 19. The van der Waals surface area contributed by atoms with E-state index in [0.717, 1.165) is 83.5 Å². The standard InChI is InChI=1S/C62H107N2O6P/c1-6-8-10-12-14-16-18-20-22-24-26-28-29-30-31-32-33-34-35-36-38-40-42-44-46-48-50-52-54-56-62(66)63-60(59-70-71(67,68)69-58-57-64(3,4)5)61(65)55-53-51-49-47-45-43-41-39-37-27-25-23-21-19-17-15-13-11-9-7-2/h8,10,14,16,20,22,26,28,30-31,33-34,36,38,42,44,48,50,53,55,60-61,65H,6-7,9,11-13,15,17-19,21,23-25,27,29,32,35,37,39-41,43,45-47,49,51-52,54,56-59H2,1-5H3,(H-,63,66,67,68)/b10-8-,16-14-,22-20-,28-26-,31-30-,34-33-,38-36-,44-42-,50-48-,55-53+. The lowest BCUT2D eigenvalue weighted by Crippen LogP contribution is -2.45. The van der Waals surface area contributed by atoms with E-state index < -0.39 is 26.6 Å². The zero-order valence-corrected chi connectivity index (χ0v) is 47.0. The average molecular weight is 1010 g/mol. The predicted octanol–water partition coefficient (Wildman–Crippen LogP) is 16.7. The minimum absolute atomic E-state index is 0.0186. The largest absolute Gasteiger partial charge is 0.756 e. The normalized spacial score (nSPS) is 14.9. The van der Waals surface area contributed by atoms with Crippen LogP contribution in [0.25, 0.3) is 0 Å². The maximum absolute atomic E-state index is 12.9. The molecule has 0 radical (unpaired) electrons. The third kappa shape index (κ3) is 54.5. The van der Waals surface area contributed by atoms with Gasteiger partial charge in [0, 0.05) is 6.42 Å². The van der Waals surface area contributed by atoms with Crippen LogP contribution in [0.1, 0.15) is 213 Å². The zero-order chi connectivity index (χ0) is 52.0. The molecule has 2 N–H and O–H groups in total. The van der Waals surface area contributed by atoms with Gasteiger partial charge in [0.05, 0.1) is 39.9 Å². The molecule has 1 amide bonds. The molecule has 0 aliphatic carbocycles. The van der Waals surface area contributed by atoms with Crippen molar-refractivity contribution in [1.29, 1.82) is 0 Å². The molecule has 0 aromatic heterocycles. The van der Waals surface area contributed by atoms with E-state index in [0.29, 0.717) is 17.4 Å². The molecule has 0 aliphatic rings. The van der Waals surface area contributed by atoms with Crippen LogP contribution in [-0.4, -0.2) is 68.5 Å². The number of aliphatic hydroxyl groups is 1. The molecule has 0 bridgehead atoms. The summed E-state index contributed by atoms with van der Waals surface area (Å²) in [5.41, 5.74) is 0. The molecular weight excluding hydrogens is 900 g/mol. The number of nitrogens with zero attached hydrogens (tertiary/aromatic N) is 1. The molecule has 0 saturated heterocycles. The summed E-state index contributed by atoms with van der Waals surface area (Å²) < 4.78 is 23.3. The minimum atomic E-state index is -4.62. The van der Waals surface area contributed by atoms with Crippen LogP contribution in [-0.2, 0) is 18.4 Å². The third-order valence-corrected chi connectivity index (χ3v) is 12.9. The van der Waals surface area contributed by atoms with E-state index >= 15 is 0 Å². The molecule has 406 valence electrons. The maximum atomic E-state index is 12.9. The van der Waals surface area contributed by atoms with Crippen molar-refractivity contribution in [2.45, 2.75) is 225 Å². The summed E-state index contributed by atoms with van der Waals surface area (Å²) in [6.45, 7) is 4.49. The van der Waals surface area contributed by atoms with Gasteiger partial charge in [0.15, 0.2) is 0 Å². The fourth-order valence-electron chi connectivity index (χ4n) is 7.51. The number of nitrogens with one attached hydrogen (secondary N) is 1. The van der Waals surface area contributed by atoms with Crippen molar-refractivity contribution in [3.8, 4) is 0 Å². The average Bonchev–Trinajstić information content (AvgIpc) is 3.33. The summed E-state index contributed by atoms with van der Waals surface area (Å²) in [6, 6.07) is -0.927. The summed E-state index contributed by atoms with van der Waals surface area (Å²) >= 11 is 0. The van der Waals surface area contributed by atoms with Crippen molar-refractivity contribution in [2.24, 2.45) is 0 Å². The van der Waals surface area contributed by atoms with Gasteiger partial charge in [-0.3, -0.25) is 9.36 Å². The minimum Gasteiger partial charge on any atom is -0.756 e. The van der Waals surface area contributed by atoms with Crippen LogP contribution in [0.15, 0.2) is 122 Å². The number of rotatable bonds is 50. The number of unbranched alkanes of at least 4 members (excludes halogenated alkanes) is 19. The van der Waals surface area contributed by atoms with Gasteiger partial charge in [-0.05, 0) is 83.5 Å². The first kappa shape index (κ1) is 67.9. The fraction of sp³-hybridized carbons (Fsp3) is 0.661. The topological polar surface area (TPSA) is 108 Å². The Bertz CT molecular complexity index is 1560. The summed E-state index contributed by atoms with van der Waals surface area (Å²) in [7, 11) is 1.21. The van der Waals surface area contributed by atoms with Crippen LogP contribution >= 0.6 is 7.82 Å². The number of aliphatic hydroxyl groups excluding tert-OH is 1. The summed E-state index contributed by atoms with van der Waals surface area (Å²) in [5, 5.41) is 13.8. The first-order valence-corrected chi connectivity index (χ1v) is 29.9. The number of phosphoric ester groups is 1. The third-order valence-electron chi connectivity index (χ3n) is 11.9. The van der Waals surface area contributed by atoms with Crippen molar-refractivity contribution in [2.75, 3.05) is 40.9 Å². The molecule has 0 aromatic rings. The number of quaternary nitrogens is 1. The summed E-state index contributed by atoms with van der Waals surface area (Å²) in [5.74, 6) is -0.259. The van der Waals surface area contributed by atoms with Gasteiger partial charge < -0.3 is 28.8 Å². The first-order chi connectivity index (χ1) is 34.5. The maximum Gasteiger partial charge on any atom is 0.268 e. The number of carbonyl (C=O) groups excluding carboxylic acids is 1. The van der Waals surface area contributed by atoms with Crippen LogP contribution in [0.2, 0.25) is 0 Å². The number of phosphoric acid groups is 1.